The van der Waals surface area contributed by atoms with Crippen LogP contribution in [-0.2, 0) is 11.3 Å². The second-order valence-electron chi connectivity index (χ2n) is 5.27. The normalized spacial score (nSPS) is 11.2. The van der Waals surface area contributed by atoms with Crippen LogP contribution in [0.25, 0.3) is 0 Å². The molecule has 0 bridgehead atoms. The van der Waals surface area contributed by atoms with Crippen LogP contribution >= 0.6 is 24.0 Å². The number of aliphatic imine (C=N–C) groups is 1. The summed E-state index contributed by atoms with van der Waals surface area (Å²) in [7, 11) is 0. The predicted octanol–water partition coefficient (Wildman–Crippen LogP) is 2.82. The first-order valence-corrected chi connectivity index (χ1v) is 7.72. The van der Waals surface area contributed by atoms with Gasteiger partial charge in [0.1, 0.15) is 0 Å². The van der Waals surface area contributed by atoms with E-state index in [1.165, 1.54) is 0 Å². The first-order valence-electron chi connectivity index (χ1n) is 7.72. The number of ether oxygens (including phenoxy) is 1. The maximum Gasteiger partial charge on any atom is 0.191 e. The molecule has 126 valence electrons. The van der Waals surface area contributed by atoms with Gasteiger partial charge in [0.2, 0.25) is 0 Å². The van der Waals surface area contributed by atoms with Crippen molar-refractivity contribution >= 4 is 29.9 Å². The van der Waals surface area contributed by atoms with Crippen LogP contribution in [-0.4, -0.2) is 37.2 Å². The van der Waals surface area contributed by atoms with E-state index in [0.717, 1.165) is 44.4 Å². The molecule has 0 amide bonds. The number of guanidine groups is 1. The highest BCUT2D eigenvalue weighted by Crippen LogP contribution is 1.95. The smallest absolute Gasteiger partial charge is 0.191 e. The van der Waals surface area contributed by atoms with Crippen molar-refractivity contribution in [1.82, 2.24) is 15.6 Å². The zero-order chi connectivity index (χ0) is 15.3. The molecule has 0 fully saturated rings. The Hall–Kier alpha value is -0.890. The molecule has 0 saturated heterocycles. The first kappa shape index (κ1) is 21.1. The minimum Gasteiger partial charge on any atom is -0.381 e. The van der Waals surface area contributed by atoms with Gasteiger partial charge in [-0.1, -0.05) is 19.9 Å². The average Bonchev–Trinajstić information content (AvgIpc) is 2.49. The van der Waals surface area contributed by atoms with E-state index >= 15 is 0 Å². The van der Waals surface area contributed by atoms with E-state index in [0.29, 0.717) is 12.5 Å². The zero-order valence-corrected chi connectivity index (χ0v) is 16.2. The Labute approximate surface area is 151 Å². The molecule has 0 aliphatic heterocycles. The molecule has 0 atom stereocenters. The predicted molar refractivity (Wildman–Crippen MR) is 103 cm³/mol. The van der Waals surface area contributed by atoms with Crippen LogP contribution < -0.4 is 10.6 Å². The van der Waals surface area contributed by atoms with E-state index in [-0.39, 0.29) is 24.0 Å². The second kappa shape index (κ2) is 13.8. The van der Waals surface area contributed by atoms with Gasteiger partial charge in [-0.2, -0.15) is 0 Å². The third kappa shape index (κ3) is 10.8. The van der Waals surface area contributed by atoms with Crippen molar-refractivity contribution in [2.75, 3.05) is 26.3 Å². The molecule has 0 aliphatic carbocycles. The molecule has 6 heteroatoms. The first-order chi connectivity index (χ1) is 10.2. The van der Waals surface area contributed by atoms with Crippen molar-refractivity contribution in [3.63, 3.8) is 0 Å². The van der Waals surface area contributed by atoms with Gasteiger partial charge in [-0.25, -0.2) is 4.99 Å². The summed E-state index contributed by atoms with van der Waals surface area (Å²) in [4.78, 5) is 8.79. The summed E-state index contributed by atoms with van der Waals surface area (Å²) >= 11 is 0. The SMILES string of the molecule is CCNC(=NCc1ccccn1)NCCCOCC(C)C.I. The minimum absolute atomic E-state index is 0. The molecular weight excluding hydrogens is 391 g/mol. The molecule has 0 saturated carbocycles. The number of nitrogens with zero attached hydrogens (tertiary/aromatic N) is 2. The molecule has 2 N–H and O–H groups in total. The van der Waals surface area contributed by atoms with Crippen LogP contribution in [0.4, 0.5) is 0 Å². The monoisotopic (exact) mass is 420 g/mol. The minimum atomic E-state index is 0. The van der Waals surface area contributed by atoms with Gasteiger partial charge in [-0.3, -0.25) is 4.98 Å². The maximum absolute atomic E-state index is 5.56. The third-order valence-electron chi connectivity index (χ3n) is 2.68. The van der Waals surface area contributed by atoms with Gasteiger partial charge >= 0.3 is 0 Å². The van der Waals surface area contributed by atoms with Gasteiger partial charge in [0.05, 0.1) is 12.2 Å². The molecule has 1 aromatic heterocycles. The van der Waals surface area contributed by atoms with E-state index in [1.54, 1.807) is 6.20 Å². The summed E-state index contributed by atoms with van der Waals surface area (Å²) in [5, 5.41) is 6.54. The molecule has 0 unspecified atom stereocenters. The summed E-state index contributed by atoms with van der Waals surface area (Å²) in [6, 6.07) is 5.87. The number of halogens is 1. The van der Waals surface area contributed by atoms with E-state index in [9.17, 15) is 0 Å². The van der Waals surface area contributed by atoms with Crippen LogP contribution in [0.2, 0.25) is 0 Å². The summed E-state index contributed by atoms with van der Waals surface area (Å²) in [6.07, 6.45) is 2.76. The van der Waals surface area contributed by atoms with Gasteiger partial charge in [-0.15, -0.1) is 24.0 Å². The lowest BCUT2D eigenvalue weighted by Gasteiger charge is -2.11. The van der Waals surface area contributed by atoms with Crippen molar-refractivity contribution in [3.05, 3.63) is 30.1 Å². The average molecular weight is 420 g/mol. The largest absolute Gasteiger partial charge is 0.381 e. The van der Waals surface area contributed by atoms with Crippen molar-refractivity contribution in [2.45, 2.75) is 33.7 Å². The van der Waals surface area contributed by atoms with Gasteiger partial charge in [-0.05, 0) is 31.4 Å². The van der Waals surface area contributed by atoms with E-state index in [4.69, 9.17) is 4.74 Å². The summed E-state index contributed by atoms with van der Waals surface area (Å²) in [5.41, 5.74) is 0.968. The van der Waals surface area contributed by atoms with Crippen molar-refractivity contribution < 1.29 is 4.74 Å². The van der Waals surface area contributed by atoms with Gasteiger partial charge in [0.15, 0.2) is 5.96 Å². The van der Waals surface area contributed by atoms with Crippen LogP contribution in [0, 0.1) is 5.92 Å². The highest BCUT2D eigenvalue weighted by molar-refractivity contribution is 14.0. The molecule has 0 aliphatic rings. The number of hydrogen-bond donors (Lipinski definition) is 2. The fraction of sp³-hybridized carbons (Fsp3) is 0.625. The Morgan fingerprint density at radius 1 is 1.32 bits per heavy atom. The Balaban J connectivity index is 0.00000441. The van der Waals surface area contributed by atoms with E-state index in [2.05, 4.69) is 41.4 Å². The Bertz CT molecular complexity index is 398. The highest BCUT2D eigenvalue weighted by atomic mass is 127. The lowest BCUT2D eigenvalue weighted by Crippen LogP contribution is -2.38. The highest BCUT2D eigenvalue weighted by Gasteiger charge is 1.98. The standard InChI is InChI=1S/C16H28N4O.HI/c1-4-17-16(19-10-7-11-21-13-14(2)3)20-12-15-8-5-6-9-18-15;/h5-6,8-9,14H,4,7,10-13H2,1-3H3,(H2,17,19,20);1H. The summed E-state index contributed by atoms with van der Waals surface area (Å²) < 4.78 is 5.56. The quantitative estimate of drug-likeness (QED) is 0.279. The van der Waals surface area contributed by atoms with Gasteiger partial charge in [0.25, 0.3) is 0 Å². The molecule has 1 aromatic rings. The second-order valence-corrected chi connectivity index (χ2v) is 5.27. The van der Waals surface area contributed by atoms with E-state index < -0.39 is 0 Å². The van der Waals surface area contributed by atoms with Gasteiger partial charge < -0.3 is 15.4 Å². The number of nitrogens with one attached hydrogen (secondary N) is 2. The molecule has 22 heavy (non-hydrogen) atoms. The van der Waals surface area contributed by atoms with Crippen LogP contribution in [0.5, 0.6) is 0 Å². The zero-order valence-electron chi connectivity index (χ0n) is 13.8. The third-order valence-corrected chi connectivity index (χ3v) is 2.68. The van der Waals surface area contributed by atoms with Crippen molar-refractivity contribution in [2.24, 2.45) is 10.9 Å². The fourth-order valence-corrected chi connectivity index (χ4v) is 1.69. The topological polar surface area (TPSA) is 58.5 Å². The lowest BCUT2D eigenvalue weighted by molar-refractivity contribution is 0.108. The van der Waals surface area contributed by atoms with Crippen LogP contribution in [0.15, 0.2) is 29.4 Å². The van der Waals surface area contributed by atoms with Gasteiger partial charge in [0, 0.05) is 32.5 Å². The van der Waals surface area contributed by atoms with E-state index in [1.807, 2.05) is 18.2 Å². The number of pyridine rings is 1. The molecule has 0 radical (unpaired) electrons. The van der Waals surface area contributed by atoms with Crippen molar-refractivity contribution in [3.8, 4) is 0 Å². The summed E-state index contributed by atoms with van der Waals surface area (Å²) in [5.74, 6) is 1.42. The summed E-state index contributed by atoms with van der Waals surface area (Å²) in [6.45, 7) is 10.3. The molecule has 0 aromatic carbocycles. The maximum atomic E-state index is 5.56. The molecule has 0 spiro atoms. The molecule has 5 nitrogen and oxygen atoms in total. The number of aromatic nitrogens is 1. The number of rotatable bonds is 9. The van der Waals surface area contributed by atoms with Crippen molar-refractivity contribution in [1.29, 1.82) is 0 Å². The number of hydrogen-bond acceptors (Lipinski definition) is 3. The Morgan fingerprint density at radius 2 is 2.14 bits per heavy atom. The van der Waals surface area contributed by atoms with Crippen LogP contribution in [0.3, 0.4) is 0 Å². The lowest BCUT2D eigenvalue weighted by atomic mass is 10.2. The molecular formula is C16H29IN4O. The van der Waals surface area contributed by atoms with Crippen LogP contribution in [0.1, 0.15) is 32.9 Å². The Kier molecular flexibility index (Phi) is 13.2. The molecule has 1 rings (SSSR count). The fourth-order valence-electron chi connectivity index (χ4n) is 1.69. The molecule has 1 heterocycles. The Morgan fingerprint density at radius 3 is 2.77 bits per heavy atom.